The molecule has 4 nitrogen and oxygen atoms in total. The van der Waals surface area contributed by atoms with E-state index in [4.69, 9.17) is 4.74 Å². The van der Waals surface area contributed by atoms with Crippen molar-refractivity contribution in [2.24, 2.45) is 0 Å². The van der Waals surface area contributed by atoms with Gasteiger partial charge in [-0.3, -0.25) is 0 Å². The Bertz CT molecular complexity index is 305. The van der Waals surface area contributed by atoms with E-state index in [0.717, 1.165) is 38.5 Å². The van der Waals surface area contributed by atoms with Gasteiger partial charge in [-0.2, -0.15) is 0 Å². The molecule has 0 amide bonds. The van der Waals surface area contributed by atoms with E-state index in [1.807, 2.05) is 12.4 Å². The average Bonchev–Trinajstić information content (AvgIpc) is 2.95. The summed E-state index contributed by atoms with van der Waals surface area (Å²) < 4.78 is 7.74. The van der Waals surface area contributed by atoms with Crippen LogP contribution in [0.4, 0.5) is 0 Å². The normalized spacial score (nSPS) is 20.4. The van der Waals surface area contributed by atoms with Crippen molar-refractivity contribution < 1.29 is 4.74 Å². The summed E-state index contributed by atoms with van der Waals surface area (Å²) in [4.78, 5) is 4.33. The van der Waals surface area contributed by atoms with Crippen molar-refractivity contribution in [1.29, 1.82) is 0 Å². The van der Waals surface area contributed by atoms with Crippen molar-refractivity contribution >= 4 is 0 Å². The molecule has 1 aromatic rings. The number of imidazole rings is 1. The van der Waals surface area contributed by atoms with Gasteiger partial charge in [-0.15, -0.1) is 0 Å². The molecule has 4 heteroatoms. The minimum absolute atomic E-state index is 0.485. The van der Waals surface area contributed by atoms with Crippen molar-refractivity contribution in [2.75, 3.05) is 13.2 Å². The van der Waals surface area contributed by atoms with Crippen LogP contribution in [-0.4, -0.2) is 28.8 Å². The van der Waals surface area contributed by atoms with E-state index in [-0.39, 0.29) is 0 Å². The largest absolute Gasteiger partial charge is 0.378 e. The van der Waals surface area contributed by atoms with Gasteiger partial charge >= 0.3 is 0 Å². The highest BCUT2D eigenvalue weighted by Gasteiger charge is 2.14. The van der Waals surface area contributed by atoms with E-state index >= 15 is 0 Å². The number of aromatic nitrogens is 2. The first kappa shape index (κ1) is 11.6. The van der Waals surface area contributed by atoms with Crippen LogP contribution >= 0.6 is 0 Å². The molecule has 1 atom stereocenters. The molecule has 2 heterocycles. The van der Waals surface area contributed by atoms with E-state index < -0.39 is 0 Å². The predicted octanol–water partition coefficient (Wildman–Crippen LogP) is 1.56. The highest BCUT2D eigenvalue weighted by molar-refractivity contribution is 4.91. The molecule has 1 N–H and O–H groups in total. The Morgan fingerprint density at radius 2 is 2.56 bits per heavy atom. The van der Waals surface area contributed by atoms with Crippen LogP contribution < -0.4 is 5.32 Å². The molecule has 0 radical (unpaired) electrons. The number of aryl methyl sites for hydroxylation is 1. The van der Waals surface area contributed by atoms with E-state index in [1.54, 1.807) is 0 Å². The number of hydrogen-bond donors (Lipinski definition) is 1. The molecule has 0 bridgehead atoms. The SMILES string of the molecule is CCn1ccnc1CNCCC1CCCO1. The molecule has 1 unspecified atom stereocenters. The average molecular weight is 223 g/mol. The standard InChI is InChI=1S/C12H21N3O/c1-2-15-8-7-14-12(15)10-13-6-5-11-4-3-9-16-11/h7-8,11,13H,2-6,9-10H2,1H3. The quantitative estimate of drug-likeness (QED) is 0.744. The molecular weight excluding hydrogens is 202 g/mol. The zero-order valence-corrected chi connectivity index (χ0v) is 9.98. The maximum absolute atomic E-state index is 5.57. The maximum Gasteiger partial charge on any atom is 0.122 e. The molecule has 16 heavy (non-hydrogen) atoms. The van der Waals surface area contributed by atoms with Crippen molar-refractivity contribution in [3.63, 3.8) is 0 Å². The Balaban J connectivity index is 1.64. The molecule has 90 valence electrons. The van der Waals surface area contributed by atoms with Gasteiger partial charge in [0.25, 0.3) is 0 Å². The molecule has 1 aliphatic heterocycles. The summed E-state index contributed by atoms with van der Waals surface area (Å²) in [6, 6.07) is 0. The first-order valence-electron chi connectivity index (χ1n) is 6.22. The molecule has 0 aromatic carbocycles. The first-order chi connectivity index (χ1) is 7.90. The van der Waals surface area contributed by atoms with Crippen molar-refractivity contribution in [3.8, 4) is 0 Å². The zero-order valence-electron chi connectivity index (χ0n) is 9.98. The smallest absolute Gasteiger partial charge is 0.122 e. The molecular formula is C12H21N3O. The van der Waals surface area contributed by atoms with Crippen molar-refractivity contribution in [1.82, 2.24) is 14.9 Å². The Hall–Kier alpha value is -0.870. The van der Waals surface area contributed by atoms with Gasteiger partial charge < -0.3 is 14.6 Å². The van der Waals surface area contributed by atoms with Gasteiger partial charge in [0.2, 0.25) is 0 Å². The predicted molar refractivity (Wildman–Crippen MR) is 63.2 cm³/mol. The van der Waals surface area contributed by atoms with Crippen molar-refractivity contribution in [3.05, 3.63) is 18.2 Å². The molecule has 0 spiro atoms. The number of nitrogens with one attached hydrogen (secondary N) is 1. The van der Waals surface area contributed by atoms with Gasteiger partial charge in [-0.25, -0.2) is 4.98 Å². The van der Waals surface area contributed by atoms with Crippen LogP contribution in [-0.2, 0) is 17.8 Å². The lowest BCUT2D eigenvalue weighted by atomic mass is 10.2. The third kappa shape index (κ3) is 3.06. The summed E-state index contributed by atoms with van der Waals surface area (Å²) in [7, 11) is 0. The third-order valence-electron chi connectivity index (χ3n) is 3.09. The summed E-state index contributed by atoms with van der Waals surface area (Å²) in [5.74, 6) is 1.12. The van der Waals surface area contributed by atoms with Gasteiger partial charge in [0.15, 0.2) is 0 Å². The number of rotatable bonds is 6. The number of nitrogens with zero attached hydrogens (tertiary/aromatic N) is 2. The lowest BCUT2D eigenvalue weighted by Crippen LogP contribution is -2.21. The van der Waals surface area contributed by atoms with Gasteiger partial charge in [0.05, 0.1) is 12.6 Å². The van der Waals surface area contributed by atoms with Gasteiger partial charge in [-0.05, 0) is 32.7 Å². The van der Waals surface area contributed by atoms with Crippen LogP contribution in [0, 0.1) is 0 Å². The van der Waals surface area contributed by atoms with Crippen LogP contribution in [0.15, 0.2) is 12.4 Å². The second kappa shape index (κ2) is 6.01. The monoisotopic (exact) mass is 223 g/mol. The lowest BCUT2D eigenvalue weighted by Gasteiger charge is -2.10. The molecule has 1 saturated heterocycles. The minimum Gasteiger partial charge on any atom is -0.378 e. The first-order valence-corrected chi connectivity index (χ1v) is 6.22. The van der Waals surface area contributed by atoms with Gasteiger partial charge in [-0.1, -0.05) is 0 Å². The van der Waals surface area contributed by atoms with E-state index in [1.165, 1.54) is 12.8 Å². The summed E-state index contributed by atoms with van der Waals surface area (Å²) in [5.41, 5.74) is 0. The van der Waals surface area contributed by atoms with Gasteiger partial charge in [0, 0.05) is 25.5 Å². The second-order valence-electron chi connectivity index (χ2n) is 4.23. The second-order valence-corrected chi connectivity index (χ2v) is 4.23. The summed E-state index contributed by atoms with van der Waals surface area (Å²) in [6.45, 7) is 5.94. The Morgan fingerprint density at radius 3 is 3.31 bits per heavy atom. The van der Waals surface area contributed by atoms with Crippen molar-refractivity contribution in [2.45, 2.75) is 45.4 Å². The molecule has 0 saturated carbocycles. The summed E-state index contributed by atoms with van der Waals surface area (Å²) in [5, 5.41) is 3.43. The Morgan fingerprint density at radius 1 is 1.62 bits per heavy atom. The molecule has 2 rings (SSSR count). The van der Waals surface area contributed by atoms with Crippen LogP contribution in [0.5, 0.6) is 0 Å². The zero-order chi connectivity index (χ0) is 11.2. The van der Waals surface area contributed by atoms with E-state index in [0.29, 0.717) is 6.10 Å². The fraction of sp³-hybridized carbons (Fsp3) is 0.750. The maximum atomic E-state index is 5.57. The highest BCUT2D eigenvalue weighted by Crippen LogP contribution is 2.14. The number of ether oxygens (including phenoxy) is 1. The van der Waals surface area contributed by atoms with Gasteiger partial charge in [0.1, 0.15) is 5.82 Å². The molecule has 1 aliphatic rings. The molecule has 1 aromatic heterocycles. The van der Waals surface area contributed by atoms with Crippen LogP contribution in [0.2, 0.25) is 0 Å². The molecule has 0 aliphatic carbocycles. The fourth-order valence-corrected chi connectivity index (χ4v) is 2.13. The van der Waals surface area contributed by atoms with Crippen LogP contribution in [0.1, 0.15) is 32.0 Å². The third-order valence-corrected chi connectivity index (χ3v) is 3.09. The minimum atomic E-state index is 0.485. The molecule has 1 fully saturated rings. The van der Waals surface area contributed by atoms with E-state index in [2.05, 4.69) is 21.8 Å². The Kier molecular flexibility index (Phi) is 4.36. The Labute approximate surface area is 97.0 Å². The fourth-order valence-electron chi connectivity index (χ4n) is 2.13. The van der Waals surface area contributed by atoms with Crippen LogP contribution in [0.25, 0.3) is 0 Å². The summed E-state index contributed by atoms with van der Waals surface area (Å²) in [6.07, 6.45) is 7.94. The lowest BCUT2D eigenvalue weighted by molar-refractivity contribution is 0.104. The topological polar surface area (TPSA) is 39.1 Å². The van der Waals surface area contributed by atoms with E-state index in [9.17, 15) is 0 Å². The summed E-state index contributed by atoms with van der Waals surface area (Å²) >= 11 is 0. The highest BCUT2D eigenvalue weighted by atomic mass is 16.5. The van der Waals surface area contributed by atoms with Crippen LogP contribution in [0.3, 0.4) is 0 Å². The number of hydrogen-bond acceptors (Lipinski definition) is 3.